The van der Waals surface area contributed by atoms with Crippen LogP contribution in [0.15, 0.2) is 42.5 Å². The van der Waals surface area contributed by atoms with E-state index in [0.717, 1.165) is 18.4 Å². The Kier molecular flexibility index (Phi) is 3.45. The van der Waals surface area contributed by atoms with Gasteiger partial charge in [0.1, 0.15) is 11.6 Å². The Morgan fingerprint density at radius 1 is 1.25 bits per heavy atom. The van der Waals surface area contributed by atoms with Crippen LogP contribution in [-0.4, -0.2) is 12.2 Å². The molecule has 1 aliphatic rings. The van der Waals surface area contributed by atoms with Crippen molar-refractivity contribution in [3.05, 3.63) is 65.0 Å². The van der Waals surface area contributed by atoms with E-state index in [1.54, 1.807) is 6.07 Å². The van der Waals surface area contributed by atoms with Crippen molar-refractivity contribution in [2.75, 3.05) is 7.11 Å². The minimum Gasteiger partial charge on any atom is -0.496 e. The first kappa shape index (κ1) is 13.1. The number of fused-ring (bicyclic) bond motifs is 1. The molecule has 2 atom stereocenters. The van der Waals surface area contributed by atoms with Crippen molar-refractivity contribution in [2.45, 2.75) is 24.9 Å². The molecule has 0 saturated carbocycles. The molecule has 2 unspecified atom stereocenters. The van der Waals surface area contributed by atoms with Crippen LogP contribution in [0.25, 0.3) is 0 Å². The third-order valence-corrected chi connectivity index (χ3v) is 4.07. The van der Waals surface area contributed by atoms with Gasteiger partial charge in [-0.05, 0) is 42.2 Å². The van der Waals surface area contributed by atoms with Crippen molar-refractivity contribution >= 4 is 0 Å². The number of hydrogen-bond donors (Lipinski definition) is 1. The number of hydrogen-bond acceptors (Lipinski definition) is 2. The van der Waals surface area contributed by atoms with Gasteiger partial charge in [0, 0.05) is 11.5 Å². The van der Waals surface area contributed by atoms with Gasteiger partial charge >= 0.3 is 0 Å². The average molecular weight is 272 g/mol. The summed E-state index contributed by atoms with van der Waals surface area (Å²) in [6, 6.07) is 12.4. The van der Waals surface area contributed by atoms with Crippen molar-refractivity contribution in [1.82, 2.24) is 0 Å². The molecule has 3 heteroatoms. The Morgan fingerprint density at radius 2 is 2.05 bits per heavy atom. The van der Waals surface area contributed by atoms with Gasteiger partial charge in [0.2, 0.25) is 0 Å². The van der Waals surface area contributed by atoms with Gasteiger partial charge in [-0.25, -0.2) is 4.39 Å². The minimum atomic E-state index is -0.746. The van der Waals surface area contributed by atoms with Crippen molar-refractivity contribution in [3.8, 4) is 5.75 Å². The smallest absolute Gasteiger partial charge is 0.124 e. The third-order valence-electron chi connectivity index (χ3n) is 4.07. The van der Waals surface area contributed by atoms with Crippen LogP contribution in [0.1, 0.15) is 35.1 Å². The number of aryl methyl sites for hydroxylation is 1. The summed E-state index contributed by atoms with van der Waals surface area (Å²) in [5, 5.41) is 10.7. The van der Waals surface area contributed by atoms with Crippen LogP contribution in [0, 0.1) is 5.82 Å². The van der Waals surface area contributed by atoms with Gasteiger partial charge in [-0.1, -0.05) is 24.3 Å². The molecule has 2 nitrogen and oxygen atoms in total. The zero-order valence-corrected chi connectivity index (χ0v) is 11.3. The molecule has 0 fully saturated rings. The molecule has 0 bridgehead atoms. The van der Waals surface area contributed by atoms with E-state index in [4.69, 9.17) is 4.74 Å². The molecule has 0 spiro atoms. The van der Waals surface area contributed by atoms with Crippen LogP contribution in [0.5, 0.6) is 5.75 Å². The normalized spacial score (nSPS) is 18.6. The third kappa shape index (κ3) is 2.18. The zero-order chi connectivity index (χ0) is 14.1. The summed E-state index contributed by atoms with van der Waals surface area (Å²) >= 11 is 0. The predicted molar refractivity (Wildman–Crippen MR) is 75.4 cm³/mol. The summed E-state index contributed by atoms with van der Waals surface area (Å²) in [5.74, 6) is 0.177. The Bertz CT molecular complexity index is 624. The van der Waals surface area contributed by atoms with Gasteiger partial charge in [0.25, 0.3) is 0 Å². The Morgan fingerprint density at radius 3 is 2.85 bits per heavy atom. The maximum absolute atomic E-state index is 13.5. The number of ether oxygens (including phenoxy) is 1. The molecule has 0 amide bonds. The fraction of sp³-hybridized carbons (Fsp3) is 0.294. The maximum atomic E-state index is 13.5. The molecule has 0 saturated heterocycles. The average Bonchev–Trinajstić information content (AvgIpc) is 2.90. The van der Waals surface area contributed by atoms with E-state index in [1.165, 1.54) is 24.8 Å². The number of aliphatic hydroxyl groups excluding tert-OH is 1. The SMILES string of the molecule is COc1ccc(F)cc1C(O)C1CCc2ccccc21. The molecule has 3 rings (SSSR count). The number of methoxy groups -OCH3 is 1. The highest BCUT2D eigenvalue weighted by Gasteiger charge is 2.31. The van der Waals surface area contributed by atoms with Gasteiger partial charge in [-0.2, -0.15) is 0 Å². The second kappa shape index (κ2) is 5.25. The molecule has 0 aromatic heterocycles. The highest BCUT2D eigenvalue weighted by molar-refractivity contribution is 5.41. The van der Waals surface area contributed by atoms with Crippen LogP contribution < -0.4 is 4.74 Å². The van der Waals surface area contributed by atoms with Gasteiger partial charge in [-0.3, -0.25) is 0 Å². The van der Waals surface area contributed by atoms with E-state index in [9.17, 15) is 9.50 Å². The lowest BCUT2D eigenvalue weighted by molar-refractivity contribution is 0.141. The van der Waals surface area contributed by atoms with Crippen LogP contribution in [-0.2, 0) is 6.42 Å². The minimum absolute atomic E-state index is 0.00176. The molecule has 2 aromatic rings. The monoisotopic (exact) mass is 272 g/mol. The second-order valence-electron chi connectivity index (χ2n) is 5.18. The van der Waals surface area contributed by atoms with Gasteiger partial charge < -0.3 is 9.84 Å². The summed E-state index contributed by atoms with van der Waals surface area (Å²) in [7, 11) is 1.53. The Hall–Kier alpha value is -1.87. The maximum Gasteiger partial charge on any atom is 0.124 e. The fourth-order valence-corrected chi connectivity index (χ4v) is 3.07. The molecule has 0 radical (unpaired) electrons. The van der Waals surface area contributed by atoms with Gasteiger partial charge in [0.05, 0.1) is 13.2 Å². The van der Waals surface area contributed by atoms with Crippen molar-refractivity contribution < 1.29 is 14.2 Å². The van der Waals surface area contributed by atoms with Crippen molar-refractivity contribution in [3.63, 3.8) is 0 Å². The van der Waals surface area contributed by atoms with Crippen LogP contribution in [0.2, 0.25) is 0 Å². The first-order chi connectivity index (χ1) is 9.70. The highest BCUT2D eigenvalue weighted by Crippen LogP contribution is 2.43. The Balaban J connectivity index is 1.98. The van der Waals surface area contributed by atoms with Crippen LogP contribution >= 0.6 is 0 Å². The van der Waals surface area contributed by atoms with Gasteiger partial charge in [-0.15, -0.1) is 0 Å². The second-order valence-corrected chi connectivity index (χ2v) is 5.18. The summed E-state index contributed by atoms with van der Waals surface area (Å²) in [5.41, 5.74) is 2.95. The molecule has 20 heavy (non-hydrogen) atoms. The molecule has 1 N–H and O–H groups in total. The first-order valence-electron chi connectivity index (χ1n) is 6.80. The quantitative estimate of drug-likeness (QED) is 0.925. The standard InChI is InChI=1S/C17H17FO2/c1-20-16-9-7-12(18)10-15(16)17(19)14-8-6-11-4-2-3-5-13(11)14/h2-5,7,9-10,14,17,19H,6,8H2,1H3. The molecular formula is C17H17FO2. The summed E-state index contributed by atoms with van der Waals surface area (Å²) in [6.07, 6.45) is 1.08. The summed E-state index contributed by atoms with van der Waals surface area (Å²) in [6.45, 7) is 0. The topological polar surface area (TPSA) is 29.5 Å². The number of benzene rings is 2. The highest BCUT2D eigenvalue weighted by atomic mass is 19.1. The fourth-order valence-electron chi connectivity index (χ4n) is 3.07. The molecule has 0 aliphatic heterocycles. The lowest BCUT2D eigenvalue weighted by Crippen LogP contribution is -2.10. The summed E-state index contributed by atoms with van der Waals surface area (Å²) < 4.78 is 18.7. The van der Waals surface area contributed by atoms with E-state index < -0.39 is 6.10 Å². The number of rotatable bonds is 3. The van der Waals surface area contributed by atoms with E-state index in [0.29, 0.717) is 11.3 Å². The molecule has 1 aliphatic carbocycles. The number of halogens is 1. The predicted octanol–water partition coefficient (Wildman–Crippen LogP) is 3.60. The van der Waals surface area contributed by atoms with Crippen molar-refractivity contribution in [2.24, 2.45) is 0 Å². The first-order valence-corrected chi connectivity index (χ1v) is 6.80. The van der Waals surface area contributed by atoms with E-state index in [-0.39, 0.29) is 11.7 Å². The van der Waals surface area contributed by atoms with Gasteiger partial charge in [0.15, 0.2) is 0 Å². The number of aliphatic hydroxyl groups is 1. The Labute approximate surface area is 117 Å². The lowest BCUT2D eigenvalue weighted by atomic mass is 9.90. The summed E-state index contributed by atoms with van der Waals surface area (Å²) in [4.78, 5) is 0. The van der Waals surface area contributed by atoms with Crippen molar-refractivity contribution in [1.29, 1.82) is 0 Å². The molecular weight excluding hydrogens is 255 g/mol. The molecule has 104 valence electrons. The van der Waals surface area contributed by atoms with E-state index in [1.807, 2.05) is 18.2 Å². The van der Waals surface area contributed by atoms with E-state index >= 15 is 0 Å². The largest absolute Gasteiger partial charge is 0.496 e. The van der Waals surface area contributed by atoms with Crippen LogP contribution in [0.3, 0.4) is 0 Å². The van der Waals surface area contributed by atoms with E-state index in [2.05, 4.69) is 6.07 Å². The molecule has 0 heterocycles. The lowest BCUT2D eigenvalue weighted by Gasteiger charge is -2.21. The van der Waals surface area contributed by atoms with Crippen LogP contribution in [0.4, 0.5) is 4.39 Å². The zero-order valence-electron chi connectivity index (χ0n) is 11.3. The molecule has 2 aromatic carbocycles.